The largest absolute Gasteiger partial charge is 0.391 e. The molecule has 3 unspecified atom stereocenters. The van der Waals surface area contributed by atoms with E-state index in [2.05, 4.69) is 25.7 Å². The molecule has 16 heavy (non-hydrogen) atoms. The summed E-state index contributed by atoms with van der Waals surface area (Å²) < 4.78 is 5.48. The van der Waals surface area contributed by atoms with Crippen LogP contribution in [0.1, 0.15) is 33.6 Å². The zero-order chi connectivity index (χ0) is 11.8. The summed E-state index contributed by atoms with van der Waals surface area (Å²) in [6.45, 7) is 10.6. The van der Waals surface area contributed by atoms with Crippen molar-refractivity contribution in [3.05, 3.63) is 0 Å². The minimum atomic E-state index is -0.188. The second kappa shape index (κ2) is 4.63. The third-order valence-electron chi connectivity index (χ3n) is 4.20. The number of aliphatic hydroxyl groups is 1. The van der Waals surface area contributed by atoms with Crippen molar-refractivity contribution in [3.63, 3.8) is 0 Å². The molecule has 0 aromatic carbocycles. The minimum Gasteiger partial charge on any atom is -0.391 e. The highest BCUT2D eigenvalue weighted by molar-refractivity contribution is 4.90. The van der Waals surface area contributed by atoms with Crippen molar-refractivity contribution < 1.29 is 9.84 Å². The van der Waals surface area contributed by atoms with Gasteiger partial charge >= 0.3 is 0 Å². The zero-order valence-electron chi connectivity index (χ0n) is 10.8. The van der Waals surface area contributed by atoms with Crippen molar-refractivity contribution in [1.82, 2.24) is 4.90 Å². The van der Waals surface area contributed by atoms with Crippen molar-refractivity contribution in [2.75, 3.05) is 26.3 Å². The molecule has 2 fully saturated rings. The molecule has 1 N–H and O–H groups in total. The highest BCUT2D eigenvalue weighted by Crippen LogP contribution is 2.35. The van der Waals surface area contributed by atoms with Gasteiger partial charge in [0.25, 0.3) is 0 Å². The van der Waals surface area contributed by atoms with E-state index in [0.717, 1.165) is 25.4 Å². The Morgan fingerprint density at radius 2 is 2.00 bits per heavy atom. The Kier molecular flexibility index (Phi) is 3.57. The van der Waals surface area contributed by atoms with Gasteiger partial charge in [-0.1, -0.05) is 20.8 Å². The molecule has 0 aliphatic carbocycles. The number of nitrogens with zero attached hydrogens (tertiary/aromatic N) is 1. The number of ether oxygens (including phenoxy) is 1. The molecule has 0 saturated carbocycles. The molecule has 2 saturated heterocycles. The molecule has 3 nitrogen and oxygen atoms in total. The molecule has 3 atom stereocenters. The summed E-state index contributed by atoms with van der Waals surface area (Å²) in [5.74, 6) is 0.752. The molecule has 0 radical (unpaired) electrons. The van der Waals surface area contributed by atoms with E-state index >= 15 is 0 Å². The van der Waals surface area contributed by atoms with Crippen molar-refractivity contribution in [2.24, 2.45) is 11.3 Å². The molecule has 94 valence electrons. The van der Waals surface area contributed by atoms with E-state index in [9.17, 15) is 5.11 Å². The van der Waals surface area contributed by atoms with Gasteiger partial charge in [0.1, 0.15) is 0 Å². The number of aliphatic hydroxyl groups excluding tert-OH is 1. The fraction of sp³-hybridized carbons (Fsp3) is 1.00. The summed E-state index contributed by atoms with van der Waals surface area (Å²) >= 11 is 0. The molecule has 2 rings (SSSR count). The van der Waals surface area contributed by atoms with Crippen molar-refractivity contribution in [3.8, 4) is 0 Å². The van der Waals surface area contributed by atoms with Gasteiger partial charge in [-0.25, -0.2) is 0 Å². The molecular formula is C13H25NO2. The molecular weight excluding hydrogens is 202 g/mol. The van der Waals surface area contributed by atoms with E-state index < -0.39 is 0 Å². The first-order valence-electron chi connectivity index (χ1n) is 6.48. The number of rotatable bonds is 1. The van der Waals surface area contributed by atoms with Gasteiger partial charge in [0.2, 0.25) is 0 Å². The molecule has 2 aliphatic heterocycles. The van der Waals surface area contributed by atoms with E-state index in [1.807, 2.05) is 0 Å². The van der Waals surface area contributed by atoms with E-state index in [-0.39, 0.29) is 12.1 Å². The van der Waals surface area contributed by atoms with E-state index in [1.165, 1.54) is 6.42 Å². The van der Waals surface area contributed by atoms with Gasteiger partial charge in [0.15, 0.2) is 0 Å². The molecule has 2 aliphatic rings. The van der Waals surface area contributed by atoms with Gasteiger partial charge in [-0.3, -0.25) is 4.90 Å². The van der Waals surface area contributed by atoms with E-state index in [0.29, 0.717) is 18.6 Å². The van der Waals surface area contributed by atoms with Gasteiger partial charge in [0, 0.05) is 13.2 Å². The Hall–Kier alpha value is -0.120. The fourth-order valence-corrected chi connectivity index (χ4v) is 2.86. The topological polar surface area (TPSA) is 32.7 Å². The molecule has 0 aromatic heterocycles. The Morgan fingerprint density at radius 1 is 1.25 bits per heavy atom. The van der Waals surface area contributed by atoms with Gasteiger partial charge < -0.3 is 9.84 Å². The maximum atomic E-state index is 10.00. The monoisotopic (exact) mass is 227 g/mol. The van der Waals surface area contributed by atoms with Crippen LogP contribution < -0.4 is 0 Å². The van der Waals surface area contributed by atoms with Gasteiger partial charge in [-0.2, -0.15) is 0 Å². The summed E-state index contributed by atoms with van der Waals surface area (Å²) in [6, 6.07) is 0.237. The maximum Gasteiger partial charge on any atom is 0.0739 e. The maximum absolute atomic E-state index is 10.00. The quantitative estimate of drug-likeness (QED) is 0.737. The lowest BCUT2D eigenvalue weighted by atomic mass is 9.80. The Morgan fingerprint density at radius 3 is 2.56 bits per heavy atom. The molecule has 0 amide bonds. The first-order chi connectivity index (χ1) is 7.48. The average Bonchev–Trinajstić information content (AvgIpc) is 2.66. The van der Waals surface area contributed by atoms with Crippen molar-refractivity contribution in [1.29, 1.82) is 0 Å². The summed E-state index contributed by atoms with van der Waals surface area (Å²) in [5.41, 5.74) is 0.384. The summed E-state index contributed by atoms with van der Waals surface area (Å²) in [5, 5.41) is 10.00. The molecule has 0 spiro atoms. The van der Waals surface area contributed by atoms with Gasteiger partial charge in [-0.15, -0.1) is 0 Å². The molecule has 3 heteroatoms. The summed E-state index contributed by atoms with van der Waals surface area (Å²) in [7, 11) is 0. The Balaban J connectivity index is 1.92. The third-order valence-corrected chi connectivity index (χ3v) is 4.20. The Labute approximate surface area is 98.8 Å². The smallest absolute Gasteiger partial charge is 0.0739 e. The van der Waals surface area contributed by atoms with Crippen LogP contribution >= 0.6 is 0 Å². The van der Waals surface area contributed by atoms with Crippen LogP contribution in [0.4, 0.5) is 0 Å². The number of hydrogen-bond acceptors (Lipinski definition) is 3. The summed E-state index contributed by atoms with van der Waals surface area (Å²) in [4.78, 5) is 2.43. The standard InChI is InChI=1S/C13H25NO2/c1-13(2,3)10-4-6-14(8-10)11-9-16-7-5-12(11)15/h10-12,15H,4-9H2,1-3H3. The second-order valence-electron chi connectivity index (χ2n) is 6.34. The molecule has 0 bridgehead atoms. The van der Waals surface area contributed by atoms with Gasteiger partial charge in [0.05, 0.1) is 18.8 Å². The lowest BCUT2D eigenvalue weighted by Crippen LogP contribution is -2.49. The van der Waals surface area contributed by atoms with E-state index in [1.54, 1.807) is 0 Å². The normalized spacial score (nSPS) is 37.9. The van der Waals surface area contributed by atoms with Crippen LogP contribution in [0.2, 0.25) is 0 Å². The predicted octanol–water partition coefficient (Wildman–Crippen LogP) is 1.50. The van der Waals surface area contributed by atoms with Crippen LogP contribution in [0.25, 0.3) is 0 Å². The lowest BCUT2D eigenvalue weighted by Gasteiger charge is -2.36. The van der Waals surface area contributed by atoms with Crippen molar-refractivity contribution in [2.45, 2.75) is 45.8 Å². The fourth-order valence-electron chi connectivity index (χ4n) is 2.86. The SMILES string of the molecule is CC(C)(C)C1CCN(C2COCCC2O)C1. The van der Waals surface area contributed by atoms with Crippen LogP contribution in [-0.4, -0.2) is 48.5 Å². The van der Waals surface area contributed by atoms with Crippen LogP contribution in [-0.2, 0) is 4.74 Å². The molecule has 2 heterocycles. The average molecular weight is 227 g/mol. The highest BCUT2D eigenvalue weighted by atomic mass is 16.5. The summed E-state index contributed by atoms with van der Waals surface area (Å²) in [6.07, 6.45) is 1.86. The van der Waals surface area contributed by atoms with Crippen LogP contribution in [0.3, 0.4) is 0 Å². The number of hydrogen-bond donors (Lipinski definition) is 1. The van der Waals surface area contributed by atoms with Crippen LogP contribution in [0.15, 0.2) is 0 Å². The third kappa shape index (κ3) is 2.58. The lowest BCUT2D eigenvalue weighted by molar-refractivity contribution is -0.0569. The zero-order valence-corrected chi connectivity index (χ0v) is 10.8. The highest BCUT2D eigenvalue weighted by Gasteiger charge is 2.37. The van der Waals surface area contributed by atoms with Crippen LogP contribution in [0.5, 0.6) is 0 Å². The van der Waals surface area contributed by atoms with Crippen LogP contribution in [0, 0.1) is 11.3 Å². The number of likely N-dealkylation sites (tertiary alicyclic amines) is 1. The minimum absolute atomic E-state index is 0.188. The first kappa shape index (κ1) is 12.3. The first-order valence-corrected chi connectivity index (χ1v) is 6.48. The molecule has 0 aromatic rings. The van der Waals surface area contributed by atoms with Gasteiger partial charge in [-0.05, 0) is 30.7 Å². The van der Waals surface area contributed by atoms with E-state index in [4.69, 9.17) is 4.74 Å². The van der Waals surface area contributed by atoms with Crippen molar-refractivity contribution >= 4 is 0 Å². The predicted molar refractivity (Wildman–Crippen MR) is 64.4 cm³/mol. The Bertz CT molecular complexity index is 237. The second-order valence-corrected chi connectivity index (χ2v) is 6.34.